The molecule has 2 aromatic carbocycles. The first-order valence-corrected chi connectivity index (χ1v) is 8.30. The fourth-order valence-corrected chi connectivity index (χ4v) is 2.65. The number of nitrogens with one attached hydrogen (secondary N) is 1. The van der Waals surface area contributed by atoms with Gasteiger partial charge in [0.2, 0.25) is 0 Å². The highest BCUT2D eigenvalue weighted by atomic mass is 16.5. The van der Waals surface area contributed by atoms with Gasteiger partial charge in [-0.05, 0) is 43.5 Å². The van der Waals surface area contributed by atoms with Gasteiger partial charge in [0.25, 0.3) is 0 Å². The molecule has 0 fully saturated rings. The van der Waals surface area contributed by atoms with Gasteiger partial charge in [-0.2, -0.15) is 0 Å². The molecule has 0 heterocycles. The summed E-state index contributed by atoms with van der Waals surface area (Å²) in [6.45, 7) is 10.1. The molecule has 4 heteroatoms. The number of carbonyl (C=O) groups excluding carboxylic acids is 1. The minimum atomic E-state index is -0.403. The maximum Gasteiger partial charge on any atom is 0.335 e. The molecule has 0 amide bonds. The van der Waals surface area contributed by atoms with Crippen molar-refractivity contribution in [3.8, 4) is 5.75 Å². The van der Waals surface area contributed by atoms with Crippen LogP contribution in [0.1, 0.15) is 29.7 Å². The van der Waals surface area contributed by atoms with Gasteiger partial charge in [-0.15, -0.1) is 0 Å². The maximum absolute atomic E-state index is 12.2. The molecule has 2 rings (SSSR count). The number of methoxy groups -OCH3 is 1. The zero-order chi connectivity index (χ0) is 18.4. The summed E-state index contributed by atoms with van der Waals surface area (Å²) in [5, 5.41) is 3.40. The van der Waals surface area contributed by atoms with Crippen LogP contribution in [0.25, 0.3) is 0 Å². The van der Waals surface area contributed by atoms with E-state index in [0.29, 0.717) is 12.2 Å². The van der Waals surface area contributed by atoms with E-state index in [1.165, 1.54) is 0 Å². The number of hydrogen-bond acceptors (Lipinski definition) is 4. The fraction of sp³-hybridized carbons (Fsp3) is 0.286. The Bertz CT molecular complexity index is 753. The quantitative estimate of drug-likeness (QED) is 0.592. The van der Waals surface area contributed by atoms with Gasteiger partial charge in [-0.3, -0.25) is 0 Å². The molecule has 0 bridgehead atoms. The normalized spacial score (nSPS) is 11.5. The lowest BCUT2D eigenvalue weighted by atomic mass is 9.98. The number of carbonyl (C=O) groups is 1. The van der Waals surface area contributed by atoms with Crippen molar-refractivity contribution in [2.75, 3.05) is 19.0 Å². The molecule has 0 unspecified atom stereocenters. The summed E-state index contributed by atoms with van der Waals surface area (Å²) in [5.41, 5.74) is 4.37. The lowest BCUT2D eigenvalue weighted by molar-refractivity contribution is -0.138. The van der Waals surface area contributed by atoms with Gasteiger partial charge in [-0.25, -0.2) is 4.79 Å². The average Bonchev–Trinajstić information content (AvgIpc) is 2.62. The summed E-state index contributed by atoms with van der Waals surface area (Å²) in [6.07, 6.45) is 0. The van der Waals surface area contributed by atoms with Crippen molar-refractivity contribution in [3.63, 3.8) is 0 Å². The van der Waals surface area contributed by atoms with Gasteiger partial charge in [0.05, 0.1) is 25.3 Å². The Morgan fingerprint density at radius 1 is 1.20 bits per heavy atom. The van der Waals surface area contributed by atoms with Crippen LogP contribution >= 0.6 is 0 Å². The lowest BCUT2D eigenvalue weighted by Gasteiger charge is -2.23. The maximum atomic E-state index is 12.2. The van der Waals surface area contributed by atoms with E-state index in [0.717, 1.165) is 28.1 Å². The summed E-state index contributed by atoms with van der Waals surface area (Å²) in [6, 6.07) is 13.3. The van der Waals surface area contributed by atoms with E-state index < -0.39 is 5.97 Å². The molecule has 0 saturated heterocycles. The van der Waals surface area contributed by atoms with Gasteiger partial charge in [0.15, 0.2) is 0 Å². The number of benzene rings is 2. The van der Waals surface area contributed by atoms with E-state index in [-0.39, 0.29) is 6.04 Å². The number of aryl methyl sites for hydroxylation is 1. The van der Waals surface area contributed by atoms with Crippen LogP contribution < -0.4 is 10.1 Å². The molecule has 0 aliphatic carbocycles. The summed E-state index contributed by atoms with van der Waals surface area (Å²) in [5.74, 6) is 0.399. The first kappa shape index (κ1) is 18.6. The zero-order valence-corrected chi connectivity index (χ0v) is 15.3. The molecule has 25 heavy (non-hydrogen) atoms. The highest BCUT2D eigenvalue weighted by molar-refractivity contribution is 5.90. The van der Waals surface area contributed by atoms with Crippen molar-refractivity contribution in [3.05, 3.63) is 71.3 Å². The van der Waals surface area contributed by atoms with Crippen molar-refractivity contribution < 1.29 is 14.3 Å². The van der Waals surface area contributed by atoms with Gasteiger partial charge in [-0.1, -0.05) is 36.9 Å². The van der Waals surface area contributed by atoms with Crippen molar-refractivity contribution in [1.82, 2.24) is 0 Å². The SMILES string of the molecule is C=C(C(=O)OCC)[C@@H](Nc1cc(C)c(C)c(OC)c1)c1ccccc1. The van der Waals surface area contributed by atoms with Crippen molar-refractivity contribution >= 4 is 11.7 Å². The molecular formula is C21H25NO3. The summed E-state index contributed by atoms with van der Waals surface area (Å²) in [7, 11) is 1.65. The van der Waals surface area contributed by atoms with Crippen molar-refractivity contribution in [2.24, 2.45) is 0 Å². The van der Waals surface area contributed by atoms with Crippen LogP contribution in [0, 0.1) is 13.8 Å². The predicted octanol–water partition coefficient (Wildman–Crippen LogP) is 4.58. The second-order valence-electron chi connectivity index (χ2n) is 5.85. The van der Waals surface area contributed by atoms with Crippen LogP contribution in [-0.4, -0.2) is 19.7 Å². The number of rotatable bonds is 7. The molecule has 0 aliphatic heterocycles. The smallest absolute Gasteiger partial charge is 0.335 e. The zero-order valence-electron chi connectivity index (χ0n) is 15.3. The van der Waals surface area contributed by atoms with Gasteiger partial charge in [0, 0.05) is 11.8 Å². The third-order valence-corrected chi connectivity index (χ3v) is 4.17. The number of hydrogen-bond donors (Lipinski definition) is 1. The topological polar surface area (TPSA) is 47.6 Å². The molecular weight excluding hydrogens is 314 g/mol. The molecule has 0 aliphatic rings. The van der Waals surface area contributed by atoms with Crippen LogP contribution in [-0.2, 0) is 9.53 Å². The standard InChI is InChI=1S/C21H25NO3/c1-6-25-21(23)16(4)20(17-10-8-7-9-11-17)22-18-12-14(2)15(3)19(13-18)24-5/h7-13,20,22H,4,6H2,1-3,5H3/t20-/m1/s1. The first-order valence-electron chi connectivity index (χ1n) is 8.30. The largest absolute Gasteiger partial charge is 0.496 e. The van der Waals surface area contributed by atoms with Crippen LogP contribution in [0.2, 0.25) is 0 Å². The highest BCUT2D eigenvalue weighted by Crippen LogP contribution is 2.31. The van der Waals surface area contributed by atoms with E-state index in [1.54, 1.807) is 14.0 Å². The van der Waals surface area contributed by atoms with E-state index in [9.17, 15) is 4.79 Å². The molecule has 2 aromatic rings. The molecule has 132 valence electrons. The van der Waals surface area contributed by atoms with E-state index in [2.05, 4.69) is 11.9 Å². The van der Waals surface area contributed by atoms with Crippen molar-refractivity contribution in [2.45, 2.75) is 26.8 Å². The number of esters is 1. The highest BCUT2D eigenvalue weighted by Gasteiger charge is 2.22. The Balaban J connectivity index is 2.39. The minimum Gasteiger partial charge on any atom is -0.496 e. The summed E-state index contributed by atoms with van der Waals surface area (Å²) < 4.78 is 10.6. The first-order chi connectivity index (χ1) is 12.0. The summed E-state index contributed by atoms with van der Waals surface area (Å²) in [4.78, 5) is 12.2. The van der Waals surface area contributed by atoms with Crippen LogP contribution in [0.3, 0.4) is 0 Å². The minimum absolute atomic E-state index is 0.316. The third kappa shape index (κ3) is 4.41. The summed E-state index contributed by atoms with van der Waals surface area (Å²) >= 11 is 0. The monoisotopic (exact) mass is 339 g/mol. The average molecular weight is 339 g/mol. The molecule has 0 spiro atoms. The fourth-order valence-electron chi connectivity index (χ4n) is 2.65. The molecule has 0 saturated carbocycles. The van der Waals surface area contributed by atoms with E-state index in [4.69, 9.17) is 9.47 Å². The van der Waals surface area contributed by atoms with Gasteiger partial charge in [0.1, 0.15) is 5.75 Å². The van der Waals surface area contributed by atoms with Gasteiger partial charge < -0.3 is 14.8 Å². The second kappa shape index (κ2) is 8.38. The van der Waals surface area contributed by atoms with Crippen LogP contribution in [0.4, 0.5) is 5.69 Å². The van der Waals surface area contributed by atoms with E-state index >= 15 is 0 Å². The molecule has 0 radical (unpaired) electrons. The molecule has 0 aromatic heterocycles. The Morgan fingerprint density at radius 2 is 1.88 bits per heavy atom. The Labute approximate surface area is 149 Å². The van der Waals surface area contributed by atoms with E-state index in [1.807, 2.05) is 56.3 Å². The molecule has 4 nitrogen and oxygen atoms in total. The van der Waals surface area contributed by atoms with Gasteiger partial charge >= 0.3 is 5.97 Å². The number of ether oxygens (including phenoxy) is 2. The Kier molecular flexibility index (Phi) is 6.23. The number of anilines is 1. The molecule has 1 atom stereocenters. The Morgan fingerprint density at radius 3 is 2.48 bits per heavy atom. The molecule has 1 N–H and O–H groups in total. The lowest BCUT2D eigenvalue weighted by Crippen LogP contribution is -2.20. The van der Waals surface area contributed by atoms with Crippen molar-refractivity contribution in [1.29, 1.82) is 0 Å². The second-order valence-corrected chi connectivity index (χ2v) is 5.85. The third-order valence-electron chi connectivity index (χ3n) is 4.17. The van der Waals surface area contributed by atoms with Crippen LogP contribution in [0.15, 0.2) is 54.6 Å². The van der Waals surface area contributed by atoms with Crippen LogP contribution in [0.5, 0.6) is 5.75 Å². The Hall–Kier alpha value is -2.75. The predicted molar refractivity (Wildman–Crippen MR) is 101 cm³/mol.